The minimum Gasteiger partial charge on any atom is -0.465 e. The third-order valence-corrected chi connectivity index (χ3v) is 5.99. The molecule has 0 aliphatic heterocycles. The van der Waals surface area contributed by atoms with E-state index in [0.29, 0.717) is 26.2 Å². The maximum absolute atomic E-state index is 12.7. The van der Waals surface area contributed by atoms with Crippen molar-refractivity contribution in [2.75, 3.05) is 12.4 Å². The molecule has 0 radical (unpaired) electrons. The minimum atomic E-state index is -0.552. The lowest BCUT2D eigenvalue weighted by Gasteiger charge is -2.09. The van der Waals surface area contributed by atoms with Gasteiger partial charge in [-0.25, -0.2) is 4.79 Å². The number of amides is 1. The van der Waals surface area contributed by atoms with Crippen LogP contribution in [0.3, 0.4) is 0 Å². The van der Waals surface area contributed by atoms with Gasteiger partial charge in [-0.1, -0.05) is 46.9 Å². The molecule has 0 unspecified atom stereocenters. The van der Waals surface area contributed by atoms with E-state index in [-0.39, 0.29) is 10.6 Å². The first-order valence-corrected chi connectivity index (χ1v) is 10.0. The molecule has 0 bridgehead atoms. The summed E-state index contributed by atoms with van der Waals surface area (Å²) < 4.78 is 4.95. The zero-order chi connectivity index (χ0) is 20.4. The molecule has 3 rings (SSSR count). The van der Waals surface area contributed by atoms with Crippen molar-refractivity contribution in [3.05, 3.63) is 73.5 Å². The maximum atomic E-state index is 12.7. The number of halogens is 3. The summed E-state index contributed by atoms with van der Waals surface area (Å²) in [6, 6.07) is 11.7. The van der Waals surface area contributed by atoms with Crippen LogP contribution < -0.4 is 5.32 Å². The quantitative estimate of drug-likeness (QED) is 0.445. The monoisotopic (exact) mass is 453 g/mol. The summed E-state index contributed by atoms with van der Waals surface area (Å²) in [6.45, 7) is 1.86. The average Bonchev–Trinajstić information content (AvgIpc) is 2.99. The van der Waals surface area contributed by atoms with Crippen molar-refractivity contribution < 1.29 is 14.3 Å². The highest BCUT2D eigenvalue weighted by Gasteiger charge is 2.25. The van der Waals surface area contributed by atoms with E-state index in [9.17, 15) is 9.59 Å². The number of ether oxygens (including phenoxy) is 1. The topological polar surface area (TPSA) is 55.4 Å². The van der Waals surface area contributed by atoms with Crippen LogP contribution in [0.2, 0.25) is 15.1 Å². The molecule has 1 N–H and O–H groups in total. The van der Waals surface area contributed by atoms with Crippen molar-refractivity contribution in [1.82, 2.24) is 0 Å². The summed E-state index contributed by atoms with van der Waals surface area (Å²) >= 11 is 19.3. The van der Waals surface area contributed by atoms with Crippen molar-refractivity contribution >= 4 is 63.0 Å². The van der Waals surface area contributed by atoms with E-state index < -0.39 is 11.9 Å². The molecule has 1 heterocycles. The lowest BCUT2D eigenvalue weighted by molar-refractivity contribution is 0.0603. The third kappa shape index (κ3) is 4.18. The molecule has 0 aliphatic carbocycles. The molecule has 4 nitrogen and oxygen atoms in total. The number of nitrogens with one attached hydrogen (secondary N) is 1. The number of carbonyl (C=O) groups excluding carboxylic acids is 2. The second-order valence-corrected chi connectivity index (χ2v) is 8.30. The minimum absolute atomic E-state index is 0.268. The summed E-state index contributed by atoms with van der Waals surface area (Å²) in [7, 11) is 1.29. The van der Waals surface area contributed by atoms with Gasteiger partial charge < -0.3 is 10.1 Å². The number of thiophene rings is 1. The van der Waals surface area contributed by atoms with Crippen LogP contribution >= 0.6 is 46.1 Å². The fourth-order valence-electron chi connectivity index (χ4n) is 2.73. The van der Waals surface area contributed by atoms with Gasteiger partial charge in [-0.15, -0.1) is 11.3 Å². The molecule has 8 heteroatoms. The Labute approximate surface area is 181 Å². The van der Waals surface area contributed by atoms with E-state index in [1.807, 2.05) is 13.0 Å². The van der Waals surface area contributed by atoms with E-state index in [1.165, 1.54) is 30.6 Å². The summed E-state index contributed by atoms with van der Waals surface area (Å²) in [5, 5.41) is 4.32. The summed E-state index contributed by atoms with van der Waals surface area (Å²) in [5.41, 5.74) is 2.03. The number of esters is 1. The number of anilines is 1. The Balaban J connectivity index is 2.06. The van der Waals surface area contributed by atoms with Crippen LogP contribution in [-0.2, 0) is 4.74 Å². The van der Waals surface area contributed by atoms with Gasteiger partial charge in [0.15, 0.2) is 0 Å². The first kappa shape index (κ1) is 20.7. The Kier molecular flexibility index (Phi) is 6.30. The Morgan fingerprint density at radius 3 is 2.43 bits per heavy atom. The Hall–Kier alpha value is -2.05. The molecule has 28 heavy (non-hydrogen) atoms. The zero-order valence-corrected chi connectivity index (χ0v) is 17.9. The van der Waals surface area contributed by atoms with Gasteiger partial charge in [0.05, 0.1) is 17.2 Å². The van der Waals surface area contributed by atoms with E-state index >= 15 is 0 Å². The van der Waals surface area contributed by atoms with Crippen molar-refractivity contribution in [3.63, 3.8) is 0 Å². The molecule has 2 aromatic carbocycles. The highest BCUT2D eigenvalue weighted by atomic mass is 35.5. The molecule has 1 aromatic heterocycles. The number of carbonyl (C=O) groups is 2. The van der Waals surface area contributed by atoms with Crippen LogP contribution in [0.25, 0.3) is 11.1 Å². The highest BCUT2D eigenvalue weighted by Crippen LogP contribution is 2.41. The number of methoxy groups -OCH3 is 1. The second-order valence-electron chi connectivity index (χ2n) is 5.82. The second kappa shape index (κ2) is 8.53. The standard InChI is InChI=1S/C20H14Cl3NO3S/c1-10-16(11-4-3-5-13(21)8-11)17(20(26)27-2)19(28-10)24-18(25)12-6-7-14(22)15(23)9-12/h3-9H,1-2H3,(H,24,25). The summed E-state index contributed by atoms with van der Waals surface area (Å²) in [6.07, 6.45) is 0. The van der Waals surface area contributed by atoms with Gasteiger partial charge >= 0.3 is 5.97 Å². The molecule has 3 aromatic rings. The molecule has 0 saturated heterocycles. The van der Waals surface area contributed by atoms with Gasteiger partial charge in [0.25, 0.3) is 5.91 Å². The van der Waals surface area contributed by atoms with E-state index in [1.54, 1.807) is 24.3 Å². The highest BCUT2D eigenvalue weighted by molar-refractivity contribution is 7.17. The molecule has 0 atom stereocenters. The van der Waals surface area contributed by atoms with Gasteiger partial charge in [0.1, 0.15) is 10.6 Å². The van der Waals surface area contributed by atoms with Gasteiger partial charge in [-0.2, -0.15) is 0 Å². The number of rotatable bonds is 4. The molecule has 0 aliphatic rings. The van der Waals surface area contributed by atoms with Gasteiger partial charge in [-0.3, -0.25) is 4.79 Å². The van der Waals surface area contributed by atoms with Crippen LogP contribution in [0.15, 0.2) is 42.5 Å². The van der Waals surface area contributed by atoms with E-state index in [4.69, 9.17) is 39.5 Å². The maximum Gasteiger partial charge on any atom is 0.341 e. The normalized spacial score (nSPS) is 10.6. The zero-order valence-electron chi connectivity index (χ0n) is 14.8. The number of benzene rings is 2. The predicted molar refractivity (Wildman–Crippen MR) is 115 cm³/mol. The molecular weight excluding hydrogens is 441 g/mol. The lowest BCUT2D eigenvalue weighted by atomic mass is 10.0. The smallest absolute Gasteiger partial charge is 0.341 e. The van der Waals surface area contributed by atoms with Crippen LogP contribution in [0, 0.1) is 6.92 Å². The van der Waals surface area contributed by atoms with Crippen LogP contribution in [0.5, 0.6) is 0 Å². The predicted octanol–water partition coefficient (Wildman–Crippen LogP) is 6.72. The van der Waals surface area contributed by atoms with Crippen molar-refractivity contribution in [3.8, 4) is 11.1 Å². The number of hydrogen-bond donors (Lipinski definition) is 1. The van der Waals surface area contributed by atoms with Gasteiger partial charge in [0, 0.05) is 21.0 Å². The fourth-order valence-corrected chi connectivity index (χ4v) is 4.28. The van der Waals surface area contributed by atoms with Crippen LogP contribution in [-0.4, -0.2) is 19.0 Å². The Bertz CT molecular complexity index is 1080. The Morgan fingerprint density at radius 1 is 1.04 bits per heavy atom. The van der Waals surface area contributed by atoms with Gasteiger partial charge in [0.2, 0.25) is 0 Å². The molecule has 1 amide bonds. The van der Waals surface area contributed by atoms with Crippen LogP contribution in [0.4, 0.5) is 5.00 Å². The molecule has 0 saturated carbocycles. The largest absolute Gasteiger partial charge is 0.465 e. The molecule has 0 fully saturated rings. The van der Waals surface area contributed by atoms with E-state index in [0.717, 1.165) is 10.4 Å². The first-order chi connectivity index (χ1) is 13.3. The van der Waals surface area contributed by atoms with Gasteiger partial charge in [-0.05, 0) is 42.8 Å². The average molecular weight is 455 g/mol. The van der Waals surface area contributed by atoms with Crippen molar-refractivity contribution in [1.29, 1.82) is 0 Å². The number of hydrogen-bond acceptors (Lipinski definition) is 4. The summed E-state index contributed by atoms with van der Waals surface area (Å²) in [5.74, 6) is -0.966. The molecular formula is C20H14Cl3NO3S. The lowest BCUT2D eigenvalue weighted by Crippen LogP contribution is -2.14. The molecule has 0 spiro atoms. The first-order valence-electron chi connectivity index (χ1n) is 8.06. The number of aryl methyl sites for hydroxylation is 1. The van der Waals surface area contributed by atoms with Crippen molar-refractivity contribution in [2.45, 2.75) is 6.92 Å². The SMILES string of the molecule is COC(=O)c1c(NC(=O)c2ccc(Cl)c(Cl)c2)sc(C)c1-c1cccc(Cl)c1. The summed E-state index contributed by atoms with van der Waals surface area (Å²) in [4.78, 5) is 26.0. The van der Waals surface area contributed by atoms with E-state index in [2.05, 4.69) is 5.32 Å². The van der Waals surface area contributed by atoms with Crippen molar-refractivity contribution in [2.24, 2.45) is 0 Å². The van der Waals surface area contributed by atoms with Crippen LogP contribution in [0.1, 0.15) is 25.6 Å². The molecule has 144 valence electrons. The third-order valence-electron chi connectivity index (χ3n) is 4.00. The fraction of sp³-hybridized carbons (Fsp3) is 0.100. The Morgan fingerprint density at radius 2 is 1.79 bits per heavy atom.